The number of nitrogens with zero attached hydrogens (tertiary/aromatic N) is 4. The maximum atomic E-state index is 13.2. The summed E-state index contributed by atoms with van der Waals surface area (Å²) in [6, 6.07) is 12.1. The van der Waals surface area contributed by atoms with E-state index in [2.05, 4.69) is 4.98 Å². The normalized spacial score (nSPS) is 13.0. The van der Waals surface area contributed by atoms with Crippen LogP contribution in [-0.2, 0) is 4.79 Å². The van der Waals surface area contributed by atoms with Gasteiger partial charge in [0.1, 0.15) is 12.1 Å². The number of carbonyl (C=O) groups is 3. The Morgan fingerprint density at radius 1 is 1.03 bits per heavy atom. The predicted molar refractivity (Wildman–Crippen MR) is 125 cm³/mol. The van der Waals surface area contributed by atoms with E-state index in [4.69, 9.17) is 11.6 Å². The topological polar surface area (TPSA) is 73.8 Å². The van der Waals surface area contributed by atoms with E-state index in [1.54, 1.807) is 30.3 Å². The highest BCUT2D eigenvalue weighted by Gasteiger charge is 2.37. The summed E-state index contributed by atoms with van der Waals surface area (Å²) in [7, 11) is 3.81. The molecule has 3 amide bonds. The predicted octanol–water partition coefficient (Wildman–Crippen LogP) is 3.56. The highest BCUT2D eigenvalue weighted by molar-refractivity contribution is 7.22. The summed E-state index contributed by atoms with van der Waals surface area (Å²) < 4.78 is 0.862. The molecule has 1 aromatic heterocycles. The fraction of sp³-hybridized carbons (Fsp3) is 0.238. The Labute approximate surface area is 194 Å². The minimum atomic E-state index is -0.455. The number of thiazole rings is 1. The molecule has 31 heavy (non-hydrogen) atoms. The number of fused-ring (bicyclic) bond motifs is 2. The summed E-state index contributed by atoms with van der Waals surface area (Å²) in [6.45, 7) is 0.618. The van der Waals surface area contributed by atoms with Gasteiger partial charge in [0.2, 0.25) is 5.91 Å². The fourth-order valence-electron chi connectivity index (χ4n) is 3.25. The highest BCUT2D eigenvalue weighted by Crippen LogP contribution is 2.33. The van der Waals surface area contributed by atoms with E-state index in [1.165, 1.54) is 16.2 Å². The highest BCUT2D eigenvalue weighted by atomic mass is 35.5. The monoisotopic (exact) mass is 478 g/mol. The largest absolute Gasteiger partial charge is 0.308 e. The van der Waals surface area contributed by atoms with Crippen molar-refractivity contribution in [2.75, 3.05) is 38.6 Å². The Hall–Kier alpha value is -2.52. The number of amides is 3. The molecule has 1 aliphatic heterocycles. The van der Waals surface area contributed by atoms with Crippen molar-refractivity contribution < 1.29 is 14.4 Å². The molecule has 162 valence electrons. The Balaban J connectivity index is 0.00000272. The van der Waals surface area contributed by atoms with Crippen molar-refractivity contribution in [2.45, 2.75) is 0 Å². The number of para-hydroxylation sites is 1. The van der Waals surface area contributed by atoms with Gasteiger partial charge in [-0.2, -0.15) is 0 Å². The van der Waals surface area contributed by atoms with Crippen LogP contribution in [0.25, 0.3) is 10.2 Å². The van der Waals surface area contributed by atoms with E-state index in [-0.39, 0.29) is 24.9 Å². The standard InChI is InChI=1S/C21H19ClN4O3S.ClH/c1-24(2)10-11-25(21-23-18-15(22)8-5-9-16(18)30-21)17(27)12-26-19(28)13-6-3-4-7-14(13)20(26)29;/h3-9H,10-12H2,1-2H3;1H. The van der Waals surface area contributed by atoms with Gasteiger partial charge in [-0.25, -0.2) is 4.98 Å². The molecule has 3 aromatic rings. The third-order valence-corrected chi connectivity index (χ3v) is 6.18. The molecule has 0 spiro atoms. The minimum Gasteiger partial charge on any atom is -0.308 e. The lowest BCUT2D eigenvalue weighted by Gasteiger charge is -2.24. The fourth-order valence-corrected chi connectivity index (χ4v) is 4.56. The van der Waals surface area contributed by atoms with Gasteiger partial charge >= 0.3 is 0 Å². The first kappa shape index (κ1) is 23.1. The third-order valence-electron chi connectivity index (χ3n) is 4.83. The van der Waals surface area contributed by atoms with Gasteiger partial charge in [-0.15, -0.1) is 12.4 Å². The maximum Gasteiger partial charge on any atom is 0.262 e. The molecule has 1 aliphatic rings. The first-order chi connectivity index (χ1) is 14.4. The van der Waals surface area contributed by atoms with Crippen LogP contribution < -0.4 is 4.90 Å². The molecule has 10 heteroatoms. The summed E-state index contributed by atoms with van der Waals surface area (Å²) in [5.41, 5.74) is 1.27. The Kier molecular flexibility index (Phi) is 6.96. The number of benzene rings is 2. The van der Waals surface area contributed by atoms with Crippen LogP contribution in [0.2, 0.25) is 5.02 Å². The average Bonchev–Trinajstić information content (AvgIpc) is 3.25. The zero-order chi connectivity index (χ0) is 21.4. The molecule has 0 unspecified atom stereocenters. The molecule has 0 atom stereocenters. The lowest BCUT2D eigenvalue weighted by atomic mass is 10.1. The van der Waals surface area contributed by atoms with E-state index in [0.717, 1.165) is 9.60 Å². The number of hydrogen-bond acceptors (Lipinski definition) is 6. The summed E-state index contributed by atoms with van der Waals surface area (Å²) in [4.78, 5) is 47.5. The molecule has 4 rings (SSSR count). The van der Waals surface area contributed by atoms with Gasteiger partial charge in [0, 0.05) is 13.1 Å². The van der Waals surface area contributed by atoms with Crippen molar-refractivity contribution >= 4 is 68.4 Å². The summed E-state index contributed by atoms with van der Waals surface area (Å²) in [5, 5.41) is 0.997. The van der Waals surface area contributed by atoms with Crippen molar-refractivity contribution in [3.8, 4) is 0 Å². The molecule has 0 N–H and O–H groups in total. The molecule has 7 nitrogen and oxygen atoms in total. The van der Waals surface area contributed by atoms with Crippen LogP contribution in [0.3, 0.4) is 0 Å². The van der Waals surface area contributed by atoms with Gasteiger partial charge in [-0.1, -0.05) is 41.1 Å². The van der Waals surface area contributed by atoms with Crippen LogP contribution in [0.5, 0.6) is 0 Å². The molecule has 0 aliphatic carbocycles. The van der Waals surface area contributed by atoms with E-state index < -0.39 is 11.8 Å². The zero-order valence-corrected chi connectivity index (χ0v) is 19.3. The van der Waals surface area contributed by atoms with Crippen LogP contribution in [0, 0.1) is 0 Å². The molecule has 0 saturated heterocycles. The number of aromatic nitrogens is 1. The van der Waals surface area contributed by atoms with Crippen molar-refractivity contribution in [2.24, 2.45) is 0 Å². The molecular formula is C21H20Cl2N4O3S. The second-order valence-corrected chi connectivity index (χ2v) is 8.59. The van der Waals surface area contributed by atoms with Crippen molar-refractivity contribution in [1.82, 2.24) is 14.8 Å². The average molecular weight is 479 g/mol. The molecular weight excluding hydrogens is 459 g/mol. The van der Waals surface area contributed by atoms with Gasteiger partial charge in [-0.05, 0) is 38.4 Å². The number of rotatable bonds is 6. The van der Waals surface area contributed by atoms with E-state index >= 15 is 0 Å². The third kappa shape index (κ3) is 4.43. The van der Waals surface area contributed by atoms with Crippen LogP contribution in [0.4, 0.5) is 5.13 Å². The summed E-state index contributed by atoms with van der Waals surface area (Å²) >= 11 is 7.59. The maximum absolute atomic E-state index is 13.2. The van der Waals surface area contributed by atoms with Gasteiger partial charge in [0.05, 0.1) is 20.8 Å². The van der Waals surface area contributed by atoms with Crippen LogP contribution >= 0.6 is 35.3 Å². The number of halogens is 2. The molecule has 0 fully saturated rings. The molecule has 2 aromatic carbocycles. The second-order valence-electron chi connectivity index (χ2n) is 7.17. The number of likely N-dealkylation sites (N-methyl/N-ethyl adjacent to an activating group) is 1. The van der Waals surface area contributed by atoms with Gasteiger partial charge < -0.3 is 4.90 Å². The SMILES string of the molecule is CN(C)CCN(C(=O)CN1C(=O)c2ccccc2C1=O)c1nc2c(Cl)cccc2s1.Cl. The Bertz CT molecular complexity index is 1130. The molecule has 2 heterocycles. The molecule has 0 saturated carbocycles. The van der Waals surface area contributed by atoms with Crippen LogP contribution in [-0.4, -0.2) is 66.2 Å². The number of carbonyl (C=O) groups excluding carboxylic acids is 3. The Morgan fingerprint density at radius 3 is 2.26 bits per heavy atom. The quantitative estimate of drug-likeness (QED) is 0.506. The smallest absolute Gasteiger partial charge is 0.262 e. The second kappa shape index (κ2) is 9.32. The molecule has 0 radical (unpaired) electrons. The zero-order valence-electron chi connectivity index (χ0n) is 16.9. The van der Waals surface area contributed by atoms with Gasteiger partial charge in [0.15, 0.2) is 5.13 Å². The minimum absolute atomic E-state index is 0. The van der Waals surface area contributed by atoms with Crippen LogP contribution in [0.1, 0.15) is 20.7 Å². The summed E-state index contributed by atoms with van der Waals surface area (Å²) in [6.07, 6.45) is 0. The van der Waals surface area contributed by atoms with E-state index in [1.807, 2.05) is 31.1 Å². The van der Waals surface area contributed by atoms with Crippen LogP contribution in [0.15, 0.2) is 42.5 Å². The lowest BCUT2D eigenvalue weighted by Crippen LogP contribution is -2.45. The van der Waals surface area contributed by atoms with Gasteiger partial charge in [-0.3, -0.25) is 24.2 Å². The number of anilines is 1. The van der Waals surface area contributed by atoms with Gasteiger partial charge in [0.25, 0.3) is 11.8 Å². The van der Waals surface area contributed by atoms with E-state index in [0.29, 0.717) is 39.9 Å². The van der Waals surface area contributed by atoms with Crippen molar-refractivity contribution in [1.29, 1.82) is 0 Å². The summed E-state index contributed by atoms with van der Waals surface area (Å²) in [5.74, 6) is -1.28. The Morgan fingerprint density at radius 2 is 1.68 bits per heavy atom. The van der Waals surface area contributed by atoms with Crippen molar-refractivity contribution in [3.63, 3.8) is 0 Å². The number of hydrogen-bond donors (Lipinski definition) is 0. The van der Waals surface area contributed by atoms with E-state index in [9.17, 15) is 14.4 Å². The number of imide groups is 1. The molecule has 0 bridgehead atoms. The van der Waals surface area contributed by atoms with Crippen molar-refractivity contribution in [3.05, 3.63) is 58.6 Å². The first-order valence-corrected chi connectivity index (χ1v) is 10.5. The first-order valence-electron chi connectivity index (χ1n) is 9.32. The lowest BCUT2D eigenvalue weighted by molar-refractivity contribution is -0.119.